The molecule has 28 heavy (non-hydrogen) atoms. The summed E-state index contributed by atoms with van der Waals surface area (Å²) in [5.41, 5.74) is 1.02. The van der Waals surface area contributed by atoms with Gasteiger partial charge < -0.3 is 9.67 Å². The van der Waals surface area contributed by atoms with Crippen molar-refractivity contribution in [2.45, 2.75) is 18.6 Å². The normalized spacial score (nSPS) is 12.1. The summed E-state index contributed by atoms with van der Waals surface area (Å²) in [5.74, 6) is 1.03. The van der Waals surface area contributed by atoms with E-state index in [0.717, 1.165) is 27.5 Å². The minimum atomic E-state index is -0.00474. The zero-order chi connectivity index (χ0) is 19.5. The maximum absolute atomic E-state index is 10.6. The van der Waals surface area contributed by atoms with Crippen molar-refractivity contribution in [2.75, 3.05) is 5.75 Å². The number of nitrogens with zero attached hydrogens (tertiary/aromatic N) is 5. The smallest absolute Gasteiger partial charge is 0.191 e. The standard InChI is InChI=1S/C19H15N5OS3/c1-2-24-17(16-8-5-9-26-16)22-23-19(24)27-11-14(25)12(10-20)18-21-13-6-3-4-7-15(13)28-18/h3-9,25H,2,11H2,1H3/b14-12-. The van der Waals surface area contributed by atoms with Crippen molar-refractivity contribution in [1.29, 1.82) is 5.26 Å². The minimum absolute atomic E-state index is 0.00474. The van der Waals surface area contributed by atoms with E-state index >= 15 is 0 Å². The topological polar surface area (TPSA) is 87.6 Å². The van der Waals surface area contributed by atoms with Crippen LogP contribution in [0.5, 0.6) is 0 Å². The molecule has 4 aromatic rings. The van der Waals surface area contributed by atoms with Crippen molar-refractivity contribution in [2.24, 2.45) is 0 Å². The molecule has 9 heteroatoms. The Bertz CT molecular complexity index is 1150. The van der Waals surface area contributed by atoms with Crippen molar-refractivity contribution in [3.63, 3.8) is 0 Å². The van der Waals surface area contributed by atoms with Crippen LogP contribution in [0.1, 0.15) is 11.9 Å². The molecule has 140 valence electrons. The number of benzene rings is 1. The molecule has 4 rings (SSSR count). The number of allylic oxidation sites excluding steroid dienone is 1. The second kappa shape index (κ2) is 8.14. The van der Waals surface area contributed by atoms with Crippen LogP contribution >= 0.6 is 34.4 Å². The summed E-state index contributed by atoms with van der Waals surface area (Å²) in [5, 5.41) is 31.9. The highest BCUT2D eigenvalue weighted by Crippen LogP contribution is 2.31. The molecule has 0 atom stereocenters. The molecule has 6 nitrogen and oxygen atoms in total. The molecular formula is C19H15N5OS3. The number of rotatable bonds is 6. The first-order chi connectivity index (χ1) is 13.7. The molecule has 0 radical (unpaired) electrons. The molecule has 0 aliphatic carbocycles. The van der Waals surface area contributed by atoms with Crippen molar-refractivity contribution in [3.8, 4) is 16.8 Å². The van der Waals surface area contributed by atoms with Gasteiger partial charge in [-0.15, -0.1) is 32.9 Å². The number of fused-ring (bicyclic) bond motifs is 1. The second-order valence-corrected chi connectivity index (χ2v) is 8.66. The number of para-hydroxylation sites is 1. The van der Waals surface area contributed by atoms with Gasteiger partial charge in [-0.25, -0.2) is 4.98 Å². The summed E-state index contributed by atoms with van der Waals surface area (Å²) in [6, 6.07) is 13.8. The molecule has 0 unspecified atom stereocenters. The number of thioether (sulfide) groups is 1. The van der Waals surface area contributed by atoms with E-state index in [1.54, 1.807) is 11.3 Å². The highest BCUT2D eigenvalue weighted by atomic mass is 32.2. The Morgan fingerprint density at radius 2 is 2.11 bits per heavy atom. The lowest BCUT2D eigenvalue weighted by Crippen LogP contribution is -2.00. The molecule has 3 aromatic heterocycles. The number of aliphatic hydroxyl groups is 1. The molecule has 0 aliphatic heterocycles. The second-order valence-electron chi connectivity index (χ2n) is 5.74. The predicted octanol–water partition coefficient (Wildman–Crippen LogP) is 5.22. The van der Waals surface area contributed by atoms with Gasteiger partial charge in [-0.3, -0.25) is 0 Å². The third-order valence-electron chi connectivity index (χ3n) is 4.02. The number of aliphatic hydroxyl groups excluding tert-OH is 1. The van der Waals surface area contributed by atoms with Gasteiger partial charge in [0, 0.05) is 6.54 Å². The van der Waals surface area contributed by atoms with Crippen LogP contribution in [0.3, 0.4) is 0 Å². The number of thiophene rings is 1. The summed E-state index contributed by atoms with van der Waals surface area (Å²) in [6.45, 7) is 2.75. The van der Waals surface area contributed by atoms with E-state index in [1.165, 1.54) is 23.1 Å². The predicted molar refractivity (Wildman–Crippen MR) is 115 cm³/mol. The third-order valence-corrected chi connectivity index (χ3v) is 6.92. The van der Waals surface area contributed by atoms with Crippen molar-refractivity contribution >= 4 is 50.2 Å². The molecular weight excluding hydrogens is 410 g/mol. The van der Waals surface area contributed by atoms with Gasteiger partial charge >= 0.3 is 0 Å². The molecule has 0 saturated heterocycles. The summed E-state index contributed by atoms with van der Waals surface area (Å²) in [6.07, 6.45) is 0. The van der Waals surface area contributed by atoms with Crippen LogP contribution < -0.4 is 0 Å². The van der Waals surface area contributed by atoms with Crippen LogP contribution in [0.2, 0.25) is 0 Å². The minimum Gasteiger partial charge on any atom is -0.510 e. The Morgan fingerprint density at radius 1 is 1.25 bits per heavy atom. The zero-order valence-corrected chi connectivity index (χ0v) is 17.3. The Hall–Kier alpha value is -2.67. The van der Waals surface area contributed by atoms with E-state index in [-0.39, 0.29) is 17.1 Å². The summed E-state index contributed by atoms with van der Waals surface area (Å²) >= 11 is 4.36. The lowest BCUT2D eigenvalue weighted by Gasteiger charge is -2.06. The van der Waals surface area contributed by atoms with Crippen LogP contribution in [0.15, 0.2) is 52.7 Å². The molecule has 3 heterocycles. The first-order valence-corrected chi connectivity index (χ1v) is 11.2. The van der Waals surface area contributed by atoms with Gasteiger partial charge in [-0.2, -0.15) is 5.26 Å². The first-order valence-electron chi connectivity index (χ1n) is 8.49. The van der Waals surface area contributed by atoms with E-state index < -0.39 is 0 Å². The van der Waals surface area contributed by atoms with Gasteiger partial charge in [-0.05, 0) is 30.5 Å². The van der Waals surface area contributed by atoms with Gasteiger partial charge in [0.05, 0.1) is 20.8 Å². The van der Waals surface area contributed by atoms with E-state index in [0.29, 0.717) is 10.2 Å². The van der Waals surface area contributed by atoms with Gasteiger partial charge in [-0.1, -0.05) is 30.0 Å². The van der Waals surface area contributed by atoms with E-state index in [9.17, 15) is 10.4 Å². The highest BCUT2D eigenvalue weighted by Gasteiger charge is 2.17. The Kier molecular flexibility index (Phi) is 5.43. The average molecular weight is 426 g/mol. The summed E-state index contributed by atoms with van der Waals surface area (Å²) in [4.78, 5) is 5.52. The van der Waals surface area contributed by atoms with E-state index in [1.807, 2.05) is 53.3 Å². The van der Waals surface area contributed by atoms with Crippen LogP contribution in [0.4, 0.5) is 0 Å². The fraction of sp³-hybridized carbons (Fsp3) is 0.158. The van der Waals surface area contributed by atoms with Crippen LogP contribution in [0.25, 0.3) is 26.5 Å². The van der Waals surface area contributed by atoms with E-state index in [2.05, 4.69) is 21.3 Å². The van der Waals surface area contributed by atoms with Crippen molar-refractivity contribution in [1.82, 2.24) is 19.7 Å². The van der Waals surface area contributed by atoms with Crippen LogP contribution in [-0.2, 0) is 6.54 Å². The molecule has 0 saturated carbocycles. The summed E-state index contributed by atoms with van der Waals surface area (Å²) in [7, 11) is 0. The molecule has 0 bridgehead atoms. The Balaban J connectivity index is 1.59. The first kappa shape index (κ1) is 18.7. The van der Waals surface area contributed by atoms with Gasteiger partial charge in [0.1, 0.15) is 22.4 Å². The molecule has 0 spiro atoms. The maximum atomic E-state index is 10.6. The summed E-state index contributed by atoms with van der Waals surface area (Å²) < 4.78 is 2.99. The number of nitriles is 1. The Morgan fingerprint density at radius 3 is 2.82 bits per heavy atom. The van der Waals surface area contributed by atoms with Gasteiger partial charge in [0.15, 0.2) is 11.0 Å². The number of hydrogen-bond donors (Lipinski definition) is 1. The lowest BCUT2D eigenvalue weighted by molar-refractivity contribution is 0.420. The molecule has 0 amide bonds. The van der Waals surface area contributed by atoms with Crippen molar-refractivity contribution < 1.29 is 5.11 Å². The zero-order valence-electron chi connectivity index (χ0n) is 14.9. The fourth-order valence-electron chi connectivity index (χ4n) is 2.69. The molecule has 1 N–H and O–H groups in total. The van der Waals surface area contributed by atoms with Crippen molar-refractivity contribution in [3.05, 3.63) is 52.5 Å². The molecule has 0 fully saturated rings. The average Bonchev–Trinajstić information content (AvgIpc) is 3.44. The largest absolute Gasteiger partial charge is 0.510 e. The lowest BCUT2D eigenvalue weighted by atomic mass is 10.2. The molecule has 1 aromatic carbocycles. The van der Waals surface area contributed by atoms with Gasteiger partial charge in [0.2, 0.25) is 0 Å². The number of thiazole rings is 1. The number of hydrogen-bond acceptors (Lipinski definition) is 8. The monoisotopic (exact) mass is 425 g/mol. The maximum Gasteiger partial charge on any atom is 0.191 e. The third kappa shape index (κ3) is 3.54. The van der Waals surface area contributed by atoms with E-state index in [4.69, 9.17) is 0 Å². The fourth-order valence-corrected chi connectivity index (χ4v) is 5.27. The highest BCUT2D eigenvalue weighted by molar-refractivity contribution is 7.99. The number of aromatic nitrogens is 4. The quantitative estimate of drug-likeness (QED) is 0.259. The Labute approximate surface area is 173 Å². The molecule has 0 aliphatic rings. The van der Waals surface area contributed by atoms with Gasteiger partial charge in [0.25, 0.3) is 0 Å². The van der Waals surface area contributed by atoms with Crippen LogP contribution in [-0.4, -0.2) is 30.6 Å². The SMILES string of the molecule is CCn1c(SC/C(O)=C(\C#N)c2nc3ccccc3s2)nnc1-c1cccs1. The van der Waals surface area contributed by atoms with Crippen LogP contribution in [0, 0.1) is 11.3 Å².